The number of rotatable bonds is 13. The third kappa shape index (κ3) is 8.51. The van der Waals surface area contributed by atoms with E-state index in [9.17, 15) is 29.4 Å². The first-order valence-electron chi connectivity index (χ1n) is 10.2. The number of carbonyl (C=O) groups excluding carboxylic acids is 3. The lowest BCUT2D eigenvalue weighted by atomic mass is 10.1. The van der Waals surface area contributed by atoms with Gasteiger partial charge in [-0.2, -0.15) is 23.5 Å². The topological polar surface area (TPSA) is 162 Å². The number of likely N-dealkylation sites (tertiary alicyclic amines) is 1. The van der Waals surface area contributed by atoms with Gasteiger partial charge in [0, 0.05) is 6.54 Å². The summed E-state index contributed by atoms with van der Waals surface area (Å²) in [4.78, 5) is 50.9. The molecule has 6 N–H and O–H groups in total. The summed E-state index contributed by atoms with van der Waals surface area (Å²) in [6.45, 7) is 1.65. The van der Waals surface area contributed by atoms with Crippen LogP contribution in [-0.4, -0.2) is 99.6 Å². The lowest BCUT2D eigenvalue weighted by Crippen LogP contribution is -2.59. The highest BCUT2D eigenvalue weighted by Crippen LogP contribution is 2.20. The third-order valence-corrected chi connectivity index (χ3v) is 6.37. The quantitative estimate of drug-likeness (QED) is 0.229. The molecule has 0 radical (unpaired) electrons. The zero-order valence-corrected chi connectivity index (χ0v) is 19.8. The van der Waals surface area contributed by atoms with Crippen molar-refractivity contribution in [2.45, 2.75) is 62.9 Å². The van der Waals surface area contributed by atoms with Crippen LogP contribution in [0.15, 0.2) is 0 Å². The molecule has 0 aromatic rings. The molecule has 3 amide bonds. The van der Waals surface area contributed by atoms with Gasteiger partial charge in [-0.05, 0) is 56.6 Å². The number of hydrogen-bond donors (Lipinski definition) is 5. The van der Waals surface area contributed by atoms with Gasteiger partial charge in [0.15, 0.2) is 0 Å². The van der Waals surface area contributed by atoms with Crippen molar-refractivity contribution in [1.82, 2.24) is 15.5 Å². The van der Waals surface area contributed by atoms with E-state index in [0.29, 0.717) is 30.8 Å². The lowest BCUT2D eigenvalue weighted by molar-refractivity contribution is -0.146. The number of nitrogens with two attached hydrogens (primary N) is 1. The molecule has 0 spiro atoms. The van der Waals surface area contributed by atoms with E-state index in [2.05, 4.69) is 10.6 Å². The number of aliphatic carboxylic acids is 1. The average Bonchev–Trinajstić information content (AvgIpc) is 3.21. The van der Waals surface area contributed by atoms with Crippen molar-refractivity contribution in [3.05, 3.63) is 0 Å². The molecule has 0 saturated carbocycles. The molecule has 1 aliphatic heterocycles. The molecule has 0 aromatic heterocycles. The van der Waals surface area contributed by atoms with Gasteiger partial charge in [0.25, 0.3) is 0 Å². The third-order valence-electron chi connectivity index (χ3n) is 5.08. The molecule has 1 aliphatic rings. The highest BCUT2D eigenvalue weighted by atomic mass is 32.2. The van der Waals surface area contributed by atoms with E-state index in [0.717, 1.165) is 0 Å². The molecule has 0 aromatic carbocycles. The fraction of sp³-hybridized carbons (Fsp3) is 0.789. The summed E-state index contributed by atoms with van der Waals surface area (Å²) in [5.74, 6) is -1.57. The van der Waals surface area contributed by atoms with E-state index < -0.39 is 54.0 Å². The SMILES string of the molecule is CSCCC(N)C(=O)NC(C(=O)N1CCCC1C(=O)NC(CCSC)C(=O)O)C(C)O. The van der Waals surface area contributed by atoms with E-state index in [1.165, 1.54) is 23.6 Å². The summed E-state index contributed by atoms with van der Waals surface area (Å²) in [6, 6.07) is -3.95. The Hall–Kier alpha value is -1.50. The largest absolute Gasteiger partial charge is 0.480 e. The molecular weight excluding hydrogens is 444 g/mol. The second-order valence-electron chi connectivity index (χ2n) is 7.49. The average molecular weight is 479 g/mol. The zero-order chi connectivity index (χ0) is 23.6. The molecule has 1 heterocycles. The predicted molar refractivity (Wildman–Crippen MR) is 122 cm³/mol. The molecule has 1 saturated heterocycles. The van der Waals surface area contributed by atoms with Crippen LogP contribution in [0.3, 0.4) is 0 Å². The number of carboxylic acids is 1. The number of aliphatic hydroxyl groups is 1. The number of hydrogen-bond acceptors (Lipinski definition) is 8. The van der Waals surface area contributed by atoms with Gasteiger partial charge in [-0.3, -0.25) is 14.4 Å². The molecule has 12 heteroatoms. The van der Waals surface area contributed by atoms with Crippen LogP contribution in [0.2, 0.25) is 0 Å². The Balaban J connectivity index is 2.86. The van der Waals surface area contributed by atoms with Crippen molar-refractivity contribution in [2.75, 3.05) is 30.6 Å². The monoisotopic (exact) mass is 478 g/mol. The van der Waals surface area contributed by atoms with Crippen molar-refractivity contribution >= 4 is 47.2 Å². The minimum Gasteiger partial charge on any atom is -0.480 e. The fourth-order valence-electron chi connectivity index (χ4n) is 3.27. The molecule has 178 valence electrons. The summed E-state index contributed by atoms with van der Waals surface area (Å²) in [6.07, 6.45) is 4.16. The molecule has 0 aliphatic carbocycles. The standard InChI is InChI=1S/C19H34N4O6S2/c1-11(24)15(22-16(25)12(20)6-9-30-2)18(27)23-8-4-5-14(23)17(26)21-13(19(28)29)7-10-31-3/h11-15,24H,4-10,20H2,1-3H3,(H,21,26)(H,22,25)(H,28,29). The van der Waals surface area contributed by atoms with Crippen LogP contribution < -0.4 is 16.4 Å². The Bertz CT molecular complexity index is 637. The van der Waals surface area contributed by atoms with E-state index >= 15 is 0 Å². The normalized spacial score (nSPS) is 19.9. The second-order valence-corrected chi connectivity index (χ2v) is 9.46. The van der Waals surface area contributed by atoms with Crippen molar-refractivity contribution in [2.24, 2.45) is 5.73 Å². The molecule has 10 nitrogen and oxygen atoms in total. The van der Waals surface area contributed by atoms with Gasteiger partial charge in [-0.1, -0.05) is 0 Å². The molecule has 31 heavy (non-hydrogen) atoms. The Morgan fingerprint density at radius 2 is 1.74 bits per heavy atom. The molecular formula is C19H34N4O6S2. The maximum atomic E-state index is 13.1. The second kappa shape index (κ2) is 13.8. The number of thioether (sulfide) groups is 2. The number of nitrogens with zero attached hydrogens (tertiary/aromatic N) is 1. The molecule has 0 bridgehead atoms. The smallest absolute Gasteiger partial charge is 0.326 e. The number of carboxylic acid groups (broad SMARTS) is 1. The van der Waals surface area contributed by atoms with Gasteiger partial charge in [-0.25, -0.2) is 4.79 Å². The maximum Gasteiger partial charge on any atom is 0.326 e. The number of carbonyl (C=O) groups is 4. The lowest BCUT2D eigenvalue weighted by Gasteiger charge is -2.31. The summed E-state index contributed by atoms with van der Waals surface area (Å²) < 4.78 is 0. The van der Waals surface area contributed by atoms with Gasteiger partial charge >= 0.3 is 5.97 Å². The maximum absolute atomic E-state index is 13.1. The molecule has 5 atom stereocenters. The van der Waals surface area contributed by atoms with Crippen LogP contribution in [0.1, 0.15) is 32.6 Å². The Labute approximate surface area is 191 Å². The van der Waals surface area contributed by atoms with Crippen LogP contribution in [0, 0.1) is 0 Å². The molecule has 1 fully saturated rings. The first-order chi connectivity index (χ1) is 14.6. The highest BCUT2D eigenvalue weighted by Gasteiger charge is 2.40. The summed E-state index contributed by atoms with van der Waals surface area (Å²) in [5, 5.41) is 24.5. The highest BCUT2D eigenvalue weighted by molar-refractivity contribution is 7.98. The Morgan fingerprint density at radius 1 is 1.13 bits per heavy atom. The minimum atomic E-state index is -1.24. The number of nitrogens with one attached hydrogen (secondary N) is 2. The first-order valence-corrected chi connectivity index (χ1v) is 13.0. The van der Waals surface area contributed by atoms with Gasteiger partial charge in [-0.15, -0.1) is 0 Å². The minimum absolute atomic E-state index is 0.267. The predicted octanol–water partition coefficient (Wildman–Crippen LogP) is -0.754. The Morgan fingerprint density at radius 3 is 2.29 bits per heavy atom. The van der Waals surface area contributed by atoms with Gasteiger partial charge in [0.1, 0.15) is 18.1 Å². The van der Waals surface area contributed by atoms with Crippen molar-refractivity contribution in [3.8, 4) is 0 Å². The van der Waals surface area contributed by atoms with Crippen molar-refractivity contribution < 1.29 is 29.4 Å². The zero-order valence-electron chi connectivity index (χ0n) is 18.2. The van der Waals surface area contributed by atoms with E-state index in [1.54, 1.807) is 11.8 Å². The van der Waals surface area contributed by atoms with Gasteiger partial charge in [0.05, 0.1) is 12.1 Å². The fourth-order valence-corrected chi connectivity index (χ4v) is 4.23. The first kappa shape index (κ1) is 27.5. The van der Waals surface area contributed by atoms with Gasteiger partial charge < -0.3 is 31.5 Å². The van der Waals surface area contributed by atoms with Crippen LogP contribution in [0.4, 0.5) is 0 Å². The van der Waals surface area contributed by atoms with Crippen molar-refractivity contribution in [3.63, 3.8) is 0 Å². The number of amides is 3. The Kier molecular flexibility index (Phi) is 12.3. The van der Waals surface area contributed by atoms with Crippen LogP contribution in [0.25, 0.3) is 0 Å². The molecule has 5 unspecified atom stereocenters. The van der Waals surface area contributed by atoms with Gasteiger partial charge in [0.2, 0.25) is 17.7 Å². The van der Waals surface area contributed by atoms with Crippen LogP contribution in [-0.2, 0) is 19.2 Å². The van der Waals surface area contributed by atoms with Crippen LogP contribution in [0.5, 0.6) is 0 Å². The number of aliphatic hydroxyl groups excluding tert-OH is 1. The van der Waals surface area contributed by atoms with Crippen LogP contribution >= 0.6 is 23.5 Å². The van der Waals surface area contributed by atoms with Crippen molar-refractivity contribution in [1.29, 1.82) is 0 Å². The van der Waals surface area contributed by atoms with E-state index in [-0.39, 0.29) is 13.0 Å². The van der Waals surface area contributed by atoms with E-state index in [1.807, 2.05) is 12.5 Å². The summed E-state index contributed by atoms with van der Waals surface area (Å²) >= 11 is 3.02. The van der Waals surface area contributed by atoms with E-state index in [4.69, 9.17) is 5.73 Å². The summed E-state index contributed by atoms with van der Waals surface area (Å²) in [5.41, 5.74) is 5.85. The molecule has 1 rings (SSSR count). The summed E-state index contributed by atoms with van der Waals surface area (Å²) in [7, 11) is 0.